The first-order valence-corrected chi connectivity index (χ1v) is 14.2. The molecule has 0 radical (unpaired) electrons. The van der Waals surface area contributed by atoms with Crippen molar-refractivity contribution in [3.8, 4) is 0 Å². The number of carboxylic acid groups (broad SMARTS) is 1. The van der Waals surface area contributed by atoms with Crippen molar-refractivity contribution in [2.75, 3.05) is 7.11 Å². The number of ether oxygens (including phenoxy) is 1. The normalized spacial score (nSPS) is 18.7. The molecule has 0 amide bonds. The summed E-state index contributed by atoms with van der Waals surface area (Å²) >= 11 is 0. The predicted molar refractivity (Wildman–Crippen MR) is 174 cm³/mol. The van der Waals surface area contributed by atoms with Gasteiger partial charge in [-0.1, -0.05) is 67.6 Å². The molecule has 6 rings (SSSR count). The summed E-state index contributed by atoms with van der Waals surface area (Å²) in [4.78, 5) is 58.4. The van der Waals surface area contributed by atoms with Gasteiger partial charge in [-0.05, 0) is 37.5 Å². The summed E-state index contributed by atoms with van der Waals surface area (Å²) in [6, 6.07) is 5.60. The van der Waals surface area contributed by atoms with Gasteiger partial charge in [-0.15, -0.1) is 22.1 Å². The SMILES string of the molecule is C=CC1=C(C)c2cc3[n-]c(cc4nc(c5c6[n-]c(cc1n2)c(C)c6C(=O)[C@@H]5C(=O)OC)[C@@H](/C=C\C(=O)O)[C@@H]4C)c(C)c3C=C.[Mg+2]. The number of ketones is 1. The topological polar surface area (TPSA) is 135 Å². The number of hydrogen-bond acceptors (Lipinski definition) is 6. The zero-order valence-corrected chi connectivity index (χ0v) is 27.2. The van der Waals surface area contributed by atoms with Gasteiger partial charge in [-0.3, -0.25) is 14.6 Å². The van der Waals surface area contributed by atoms with Crippen molar-refractivity contribution in [2.45, 2.75) is 45.4 Å². The van der Waals surface area contributed by atoms with Crippen molar-refractivity contribution in [3.05, 3.63) is 100 Å². The third kappa shape index (κ3) is 4.88. The second-order valence-electron chi connectivity index (χ2n) is 11.2. The van der Waals surface area contributed by atoms with Crippen molar-refractivity contribution >= 4 is 80.1 Å². The fraction of sp³-hybridized carbons (Fsp3) is 0.229. The maximum atomic E-state index is 13.9. The van der Waals surface area contributed by atoms with E-state index in [2.05, 4.69) is 13.2 Å². The number of methoxy groups -OCH3 is 1. The Morgan fingerprint density at radius 3 is 2.31 bits per heavy atom. The average Bonchev–Trinajstić information content (AvgIpc) is 3.72. The van der Waals surface area contributed by atoms with E-state index >= 15 is 0 Å². The fourth-order valence-corrected chi connectivity index (χ4v) is 6.43. The average molecular weight is 611 g/mol. The van der Waals surface area contributed by atoms with Crippen molar-refractivity contribution in [2.24, 2.45) is 0 Å². The molecule has 0 unspecified atom stereocenters. The van der Waals surface area contributed by atoms with Gasteiger partial charge in [0.1, 0.15) is 5.92 Å². The molecule has 1 aliphatic carbocycles. The van der Waals surface area contributed by atoms with Gasteiger partial charge in [0.15, 0.2) is 5.78 Å². The van der Waals surface area contributed by atoms with E-state index in [1.54, 1.807) is 25.2 Å². The third-order valence-corrected chi connectivity index (χ3v) is 8.86. The smallest absolute Gasteiger partial charge is 0.657 e. The van der Waals surface area contributed by atoms with E-state index in [4.69, 9.17) is 24.7 Å². The molecular formula is C35H30MgN4O5. The van der Waals surface area contributed by atoms with Gasteiger partial charge in [0.05, 0.1) is 24.2 Å². The number of carbonyl (C=O) groups excluding carboxylic acids is 2. The molecular weight excluding hydrogens is 581 g/mol. The molecule has 3 aliphatic rings. The molecule has 0 saturated heterocycles. The first-order valence-electron chi connectivity index (χ1n) is 14.2. The number of esters is 1. The molecule has 3 atom stereocenters. The number of hydrogen-bond donors (Lipinski definition) is 1. The van der Waals surface area contributed by atoms with Crippen LogP contribution >= 0.6 is 0 Å². The van der Waals surface area contributed by atoms with Gasteiger partial charge in [-0.25, -0.2) is 9.78 Å². The number of rotatable bonds is 5. The molecule has 9 nitrogen and oxygen atoms in total. The molecule has 45 heavy (non-hydrogen) atoms. The summed E-state index contributed by atoms with van der Waals surface area (Å²) in [6.45, 7) is 15.7. The van der Waals surface area contributed by atoms with Gasteiger partial charge >= 0.3 is 35.0 Å². The Hall–Kier alpha value is -4.54. The number of fused-ring (bicyclic) bond motifs is 8. The Labute approximate surface area is 276 Å². The first-order chi connectivity index (χ1) is 21.0. The molecule has 1 N–H and O–H groups in total. The van der Waals surface area contributed by atoms with E-state index in [9.17, 15) is 19.5 Å². The number of carbonyl (C=O) groups is 3. The van der Waals surface area contributed by atoms with Crippen LogP contribution in [-0.4, -0.2) is 63.0 Å². The number of nitrogens with zero attached hydrogens (tertiary/aromatic N) is 4. The van der Waals surface area contributed by atoms with E-state index in [0.717, 1.165) is 34.0 Å². The zero-order chi connectivity index (χ0) is 31.6. The monoisotopic (exact) mass is 610 g/mol. The number of carboxylic acids is 1. The van der Waals surface area contributed by atoms with E-state index in [0.29, 0.717) is 55.8 Å². The molecule has 3 aromatic rings. The molecule has 0 spiro atoms. The van der Waals surface area contributed by atoms with Crippen LogP contribution in [0, 0.1) is 13.8 Å². The Balaban J connectivity index is 0.00000400. The fourth-order valence-electron chi connectivity index (χ4n) is 6.43. The minimum absolute atomic E-state index is 0. The van der Waals surface area contributed by atoms with Crippen LogP contribution < -0.4 is 9.97 Å². The zero-order valence-electron chi connectivity index (χ0n) is 25.8. The maximum Gasteiger partial charge on any atom is 2.00 e. The molecule has 0 saturated carbocycles. The predicted octanol–water partition coefficient (Wildman–Crippen LogP) is 5.55. The Bertz CT molecular complexity index is 2080. The van der Waals surface area contributed by atoms with Crippen LogP contribution in [0.4, 0.5) is 0 Å². The minimum atomic E-state index is -1.28. The summed E-state index contributed by atoms with van der Waals surface area (Å²) in [5, 5.41) is 9.49. The molecule has 0 aromatic carbocycles. The number of aryl methyl sites for hydroxylation is 2. The standard InChI is InChI=1S/C35H32N4O5.Mg/c1-8-19-15(3)22-12-24-17(5)21(10-11-28(40)41)32(38-24)30-31(35(43)44-7)34(42)29-18(6)25(39-33(29)30)14-27-20(9-2)16(4)23(37-27)13-26(19)36-22;/h8-14,17,21,31H,1-2H2,3-7H3,(H3,36,37,38,39,40,41,42);/q;+2/p-2/b11-10-;/t17-,21-,31+;/m0./s1. The Morgan fingerprint density at radius 1 is 0.978 bits per heavy atom. The van der Waals surface area contributed by atoms with Gasteiger partial charge in [0, 0.05) is 34.7 Å². The van der Waals surface area contributed by atoms with Crippen LogP contribution in [0.25, 0.3) is 39.3 Å². The maximum absolute atomic E-state index is 13.9. The molecule has 5 heterocycles. The van der Waals surface area contributed by atoms with Crippen LogP contribution in [0.2, 0.25) is 0 Å². The second kappa shape index (κ2) is 11.8. The van der Waals surface area contributed by atoms with Crippen molar-refractivity contribution < 1.29 is 24.2 Å². The largest absolute Gasteiger partial charge is 2.00 e. The molecule has 10 heteroatoms. The van der Waals surface area contributed by atoms with Gasteiger partial charge in [0.25, 0.3) is 0 Å². The summed E-state index contributed by atoms with van der Waals surface area (Å²) in [6.07, 6.45) is 6.10. The van der Waals surface area contributed by atoms with Crippen molar-refractivity contribution in [1.29, 1.82) is 0 Å². The van der Waals surface area contributed by atoms with E-state index in [1.165, 1.54) is 7.11 Å². The van der Waals surface area contributed by atoms with Crippen LogP contribution in [0.15, 0.2) is 49.6 Å². The summed E-state index contributed by atoms with van der Waals surface area (Å²) in [7, 11) is 1.23. The summed E-state index contributed by atoms with van der Waals surface area (Å²) in [5.41, 5.74) is 9.38. The van der Waals surface area contributed by atoms with Crippen molar-refractivity contribution in [1.82, 2.24) is 19.9 Å². The van der Waals surface area contributed by atoms with Gasteiger partial charge in [0.2, 0.25) is 0 Å². The van der Waals surface area contributed by atoms with E-state index in [1.807, 2.05) is 39.0 Å². The van der Waals surface area contributed by atoms with E-state index < -0.39 is 29.6 Å². The Morgan fingerprint density at radius 2 is 1.67 bits per heavy atom. The first kappa shape index (κ1) is 31.9. The van der Waals surface area contributed by atoms with Gasteiger partial charge < -0.3 is 19.8 Å². The number of aromatic nitrogens is 4. The number of aliphatic carboxylic acids is 1. The van der Waals surface area contributed by atoms with Crippen LogP contribution in [-0.2, 0) is 14.3 Å². The van der Waals surface area contributed by atoms with Gasteiger partial charge in [-0.2, -0.15) is 0 Å². The summed E-state index contributed by atoms with van der Waals surface area (Å²) < 4.78 is 5.08. The molecule has 0 fully saturated rings. The molecule has 8 bridgehead atoms. The molecule has 2 aliphatic heterocycles. The van der Waals surface area contributed by atoms with E-state index in [-0.39, 0.29) is 29.0 Å². The van der Waals surface area contributed by atoms with Crippen LogP contribution in [0.1, 0.15) is 87.0 Å². The summed E-state index contributed by atoms with van der Waals surface area (Å²) in [5.74, 6) is -4.43. The Kier molecular flexibility index (Phi) is 8.32. The number of allylic oxidation sites excluding steroid dienone is 4. The van der Waals surface area contributed by atoms with Crippen LogP contribution in [0.3, 0.4) is 0 Å². The number of Topliss-reactive ketones (excluding diaryl/α,β-unsaturated/α-hetero) is 1. The molecule has 222 valence electrons. The quantitative estimate of drug-likeness (QED) is 0.171. The van der Waals surface area contributed by atoms with Crippen molar-refractivity contribution in [3.63, 3.8) is 0 Å². The molecule has 3 aromatic heterocycles. The minimum Gasteiger partial charge on any atom is -0.657 e. The van der Waals surface area contributed by atoms with Crippen LogP contribution in [0.5, 0.6) is 0 Å². The third-order valence-electron chi connectivity index (χ3n) is 8.86. The second-order valence-corrected chi connectivity index (χ2v) is 11.2.